The van der Waals surface area contributed by atoms with Gasteiger partial charge in [0.2, 0.25) is 8.87 Å². The molecule has 1 rings (SSSR count). The Morgan fingerprint density at radius 2 is 1.81 bits per heavy atom. The van der Waals surface area contributed by atoms with Crippen molar-refractivity contribution in [1.82, 2.24) is 4.90 Å². The van der Waals surface area contributed by atoms with Crippen molar-refractivity contribution in [2.45, 2.75) is 4.90 Å². The van der Waals surface area contributed by atoms with Crippen LogP contribution in [0.25, 0.3) is 0 Å². The second-order valence-corrected chi connectivity index (χ2v) is 8.79. The van der Waals surface area contributed by atoms with E-state index in [-0.39, 0.29) is 4.90 Å². The molecule has 0 spiro atoms. The normalized spacial score (nSPS) is 11.2. The van der Waals surface area contributed by atoms with Crippen LogP contribution in [0, 0.1) is 3.57 Å². The van der Waals surface area contributed by atoms with Crippen LogP contribution in [0.1, 0.15) is 0 Å². The Kier molecular flexibility index (Phi) is 5.02. The van der Waals surface area contributed by atoms with E-state index in [1.54, 1.807) is 43.3 Å². The fraction of sp³-hybridized carbons (Fsp3) is 0.222. The SMILES string of the molecule is CN(C)C(=S)SS(=O)(=O)c1ccc(I)cc1. The topological polar surface area (TPSA) is 37.4 Å². The third-order valence-electron chi connectivity index (χ3n) is 1.65. The van der Waals surface area contributed by atoms with Gasteiger partial charge < -0.3 is 4.90 Å². The number of hydrogen-bond donors (Lipinski definition) is 0. The summed E-state index contributed by atoms with van der Waals surface area (Å²) in [5, 5.41) is 0. The van der Waals surface area contributed by atoms with Crippen molar-refractivity contribution < 1.29 is 8.42 Å². The summed E-state index contributed by atoms with van der Waals surface area (Å²) in [6, 6.07) is 6.68. The third-order valence-corrected chi connectivity index (χ3v) is 6.59. The maximum atomic E-state index is 11.9. The number of hydrogen-bond acceptors (Lipinski definition) is 4. The summed E-state index contributed by atoms with van der Waals surface area (Å²) in [4.78, 5) is 1.88. The Bertz CT molecular complexity index is 482. The molecular weight excluding hydrogens is 377 g/mol. The number of nitrogens with zero attached hydrogens (tertiary/aromatic N) is 1. The number of benzene rings is 1. The molecule has 0 N–H and O–H groups in total. The summed E-state index contributed by atoms with van der Waals surface area (Å²) >= 11 is 7.09. The Morgan fingerprint density at radius 1 is 1.31 bits per heavy atom. The van der Waals surface area contributed by atoms with Crippen molar-refractivity contribution in [1.29, 1.82) is 0 Å². The van der Waals surface area contributed by atoms with Gasteiger partial charge in [-0.15, -0.1) is 0 Å². The second-order valence-electron chi connectivity index (χ2n) is 3.15. The quantitative estimate of drug-likeness (QED) is 0.443. The van der Waals surface area contributed by atoms with Crippen LogP contribution in [0.4, 0.5) is 0 Å². The van der Waals surface area contributed by atoms with Crippen molar-refractivity contribution in [2.75, 3.05) is 14.1 Å². The molecule has 0 saturated carbocycles. The van der Waals surface area contributed by atoms with Crippen LogP contribution < -0.4 is 0 Å². The highest BCUT2D eigenvalue weighted by molar-refractivity contribution is 14.1. The lowest BCUT2D eigenvalue weighted by molar-refractivity contribution is 0.610. The van der Waals surface area contributed by atoms with E-state index < -0.39 is 8.87 Å². The van der Waals surface area contributed by atoms with E-state index in [0.29, 0.717) is 15.1 Å². The first-order chi connectivity index (χ1) is 7.33. The summed E-state index contributed by atoms with van der Waals surface area (Å²) in [6.45, 7) is 0. The molecule has 0 aromatic heterocycles. The zero-order chi connectivity index (χ0) is 12.3. The second kappa shape index (κ2) is 5.65. The highest BCUT2D eigenvalue weighted by atomic mass is 127. The van der Waals surface area contributed by atoms with Gasteiger partial charge in [0.1, 0.15) is 0 Å². The molecule has 88 valence electrons. The molecule has 1 aromatic rings. The van der Waals surface area contributed by atoms with Crippen LogP contribution in [0.5, 0.6) is 0 Å². The molecule has 0 unspecified atom stereocenters. The minimum Gasteiger partial charge on any atom is -0.363 e. The van der Waals surface area contributed by atoms with Crippen molar-refractivity contribution in [2.24, 2.45) is 0 Å². The molecule has 0 atom stereocenters. The fourth-order valence-corrected chi connectivity index (χ4v) is 4.52. The van der Waals surface area contributed by atoms with E-state index >= 15 is 0 Å². The van der Waals surface area contributed by atoms with E-state index in [1.165, 1.54) is 0 Å². The lowest BCUT2D eigenvalue weighted by atomic mass is 10.4. The molecule has 7 heteroatoms. The molecular formula is C9H10INO2S3. The number of halogens is 1. The summed E-state index contributed by atoms with van der Waals surface area (Å²) in [5.41, 5.74) is 0. The van der Waals surface area contributed by atoms with Gasteiger partial charge in [0.25, 0.3) is 0 Å². The highest BCUT2D eigenvalue weighted by Gasteiger charge is 2.18. The molecule has 1 aromatic carbocycles. The van der Waals surface area contributed by atoms with E-state index in [4.69, 9.17) is 12.2 Å². The molecule has 16 heavy (non-hydrogen) atoms. The van der Waals surface area contributed by atoms with Crippen LogP contribution in [-0.2, 0) is 8.87 Å². The summed E-state index contributed by atoms with van der Waals surface area (Å²) in [6.07, 6.45) is 0. The Morgan fingerprint density at radius 3 is 2.25 bits per heavy atom. The van der Waals surface area contributed by atoms with E-state index in [2.05, 4.69) is 22.6 Å². The Labute approximate surface area is 118 Å². The van der Waals surface area contributed by atoms with E-state index in [1.807, 2.05) is 0 Å². The van der Waals surface area contributed by atoms with Gasteiger partial charge in [-0.25, -0.2) is 8.42 Å². The van der Waals surface area contributed by atoms with Gasteiger partial charge in [0.15, 0.2) is 4.32 Å². The average molecular weight is 387 g/mol. The predicted octanol–water partition coefficient (Wildman–Crippen LogP) is 2.56. The van der Waals surface area contributed by atoms with Crippen LogP contribution in [0.15, 0.2) is 29.2 Å². The summed E-state index contributed by atoms with van der Waals surface area (Å²) in [5.74, 6) is 0. The van der Waals surface area contributed by atoms with Crippen LogP contribution in [0.2, 0.25) is 0 Å². The molecule has 0 aliphatic rings. The van der Waals surface area contributed by atoms with E-state index in [9.17, 15) is 8.42 Å². The van der Waals surface area contributed by atoms with Crippen molar-refractivity contribution >= 4 is 58.8 Å². The largest absolute Gasteiger partial charge is 0.363 e. The summed E-state index contributed by atoms with van der Waals surface area (Å²) < 4.78 is 25.1. The monoisotopic (exact) mass is 387 g/mol. The van der Waals surface area contributed by atoms with Gasteiger partial charge in [-0.05, 0) is 46.9 Å². The van der Waals surface area contributed by atoms with Gasteiger partial charge in [-0.3, -0.25) is 0 Å². The zero-order valence-corrected chi connectivity index (χ0v) is 13.3. The number of rotatable bonds is 2. The molecule has 0 fully saturated rings. The number of thiocarbonyl (C=S) groups is 1. The average Bonchev–Trinajstić information content (AvgIpc) is 2.17. The molecule has 0 aliphatic heterocycles. The standard InChI is InChI=1S/C9H10INO2S3/c1-11(2)9(14)15-16(12,13)8-5-3-7(10)4-6-8/h3-6H,1-2H3. The predicted molar refractivity (Wildman–Crippen MR) is 80.2 cm³/mol. The molecule has 0 bridgehead atoms. The highest BCUT2D eigenvalue weighted by Crippen LogP contribution is 2.25. The molecule has 3 nitrogen and oxygen atoms in total. The van der Waals surface area contributed by atoms with Gasteiger partial charge in [0, 0.05) is 28.5 Å². The van der Waals surface area contributed by atoms with Crippen molar-refractivity contribution in [3.8, 4) is 0 Å². The maximum absolute atomic E-state index is 11.9. The Balaban J connectivity index is 2.95. The minimum atomic E-state index is -3.39. The first-order valence-electron chi connectivity index (χ1n) is 4.24. The Hall–Kier alpha value is 0.140. The van der Waals surface area contributed by atoms with Gasteiger partial charge in [-0.2, -0.15) is 0 Å². The van der Waals surface area contributed by atoms with Gasteiger partial charge in [-0.1, -0.05) is 12.2 Å². The third kappa shape index (κ3) is 3.86. The lowest BCUT2D eigenvalue weighted by Gasteiger charge is -2.12. The molecule has 0 heterocycles. The lowest BCUT2D eigenvalue weighted by Crippen LogP contribution is -2.18. The molecule has 0 amide bonds. The van der Waals surface area contributed by atoms with Gasteiger partial charge in [0.05, 0.1) is 4.90 Å². The minimum absolute atomic E-state index is 0.280. The summed E-state index contributed by atoms with van der Waals surface area (Å²) in [7, 11) is 0.747. The van der Waals surface area contributed by atoms with E-state index in [0.717, 1.165) is 3.57 Å². The fourth-order valence-electron chi connectivity index (χ4n) is 0.818. The van der Waals surface area contributed by atoms with Gasteiger partial charge >= 0.3 is 0 Å². The molecule has 0 saturated heterocycles. The first kappa shape index (κ1) is 14.2. The molecule has 0 aliphatic carbocycles. The van der Waals surface area contributed by atoms with Crippen LogP contribution >= 0.6 is 45.6 Å². The van der Waals surface area contributed by atoms with Crippen LogP contribution in [0.3, 0.4) is 0 Å². The van der Waals surface area contributed by atoms with Crippen molar-refractivity contribution in [3.63, 3.8) is 0 Å². The maximum Gasteiger partial charge on any atom is 0.236 e. The van der Waals surface area contributed by atoms with Crippen molar-refractivity contribution in [3.05, 3.63) is 27.8 Å². The smallest absolute Gasteiger partial charge is 0.236 e. The van der Waals surface area contributed by atoms with Crippen LogP contribution in [-0.4, -0.2) is 31.7 Å². The zero-order valence-electron chi connectivity index (χ0n) is 8.68. The first-order valence-corrected chi connectivity index (χ1v) is 8.54. The molecule has 0 radical (unpaired) electrons.